The number of hydrogen-bond donors (Lipinski definition) is 0. The van der Waals surface area contributed by atoms with Gasteiger partial charge in [0.1, 0.15) is 11.5 Å². The summed E-state index contributed by atoms with van der Waals surface area (Å²) in [5, 5.41) is 6.43. The lowest BCUT2D eigenvalue weighted by Crippen LogP contribution is -1.95. The predicted octanol–water partition coefficient (Wildman–Crippen LogP) is 9.39. The van der Waals surface area contributed by atoms with E-state index in [0.717, 1.165) is 55.5 Å². The second kappa shape index (κ2) is 11.3. The van der Waals surface area contributed by atoms with Crippen molar-refractivity contribution in [2.45, 2.75) is 71.1 Å². The van der Waals surface area contributed by atoms with Crippen molar-refractivity contribution in [2.75, 3.05) is 14.2 Å². The highest BCUT2D eigenvalue weighted by atomic mass is 32.1. The zero-order chi connectivity index (χ0) is 23.2. The normalized spacial score (nSPS) is 11.6. The summed E-state index contributed by atoms with van der Waals surface area (Å²) in [7, 11) is 3.42. The van der Waals surface area contributed by atoms with E-state index in [2.05, 4.69) is 30.5 Å². The Morgan fingerprint density at radius 3 is 2.06 bits per heavy atom. The molecule has 4 rings (SSSR count). The molecule has 3 nitrogen and oxygen atoms in total. The molecule has 2 aromatic heterocycles. The molecule has 0 aliphatic carbocycles. The van der Waals surface area contributed by atoms with Crippen LogP contribution in [0.5, 0.6) is 11.5 Å². The number of thiophene rings is 2. The maximum Gasteiger partial charge on any atom is 0.172 e. The van der Waals surface area contributed by atoms with E-state index in [0.29, 0.717) is 6.42 Å². The predicted molar refractivity (Wildman–Crippen MR) is 144 cm³/mol. The van der Waals surface area contributed by atoms with Crippen LogP contribution in [0.25, 0.3) is 30.9 Å². The first kappa shape index (κ1) is 24.0. The lowest BCUT2D eigenvalue weighted by atomic mass is 10.0. The third-order valence-corrected chi connectivity index (χ3v) is 8.61. The summed E-state index contributed by atoms with van der Waals surface area (Å²) in [6.07, 6.45) is 12.0. The molecule has 0 unspecified atom stereocenters. The Labute approximate surface area is 204 Å². The number of carbonyl (C=O) groups excluding carboxylic acids is 1. The molecule has 0 spiro atoms. The second-order valence-corrected chi connectivity index (χ2v) is 10.7. The van der Waals surface area contributed by atoms with Gasteiger partial charge in [0.2, 0.25) is 0 Å². The number of ketones is 1. The van der Waals surface area contributed by atoms with Gasteiger partial charge in [-0.25, -0.2) is 0 Å². The van der Waals surface area contributed by atoms with Crippen molar-refractivity contribution in [3.05, 3.63) is 34.5 Å². The Hall–Kier alpha value is -2.11. The molecule has 0 amide bonds. The summed E-state index contributed by atoms with van der Waals surface area (Å²) in [6, 6.07) is 8.31. The fourth-order valence-corrected chi connectivity index (χ4v) is 6.74. The molecule has 0 radical (unpaired) electrons. The minimum Gasteiger partial charge on any atom is -0.496 e. The summed E-state index contributed by atoms with van der Waals surface area (Å²) < 4.78 is 13.9. The SMILES string of the molecule is CCCCCCCCCCCC(=O)c1cc2cc(OC)c3c4sccc4cc(OC)c3c2s1. The van der Waals surface area contributed by atoms with Gasteiger partial charge >= 0.3 is 0 Å². The first-order valence-electron chi connectivity index (χ1n) is 12.2. The minimum absolute atomic E-state index is 0.252. The Bertz CT molecular complexity index is 1230. The molecule has 0 saturated carbocycles. The number of ether oxygens (including phenoxy) is 2. The number of carbonyl (C=O) groups is 1. The highest BCUT2D eigenvalue weighted by molar-refractivity contribution is 7.22. The molecule has 0 bridgehead atoms. The maximum absolute atomic E-state index is 13.0. The van der Waals surface area contributed by atoms with Gasteiger partial charge in [0.25, 0.3) is 0 Å². The van der Waals surface area contributed by atoms with Crippen molar-refractivity contribution in [1.82, 2.24) is 0 Å². The molecule has 0 atom stereocenters. The van der Waals surface area contributed by atoms with Crippen molar-refractivity contribution in [3.63, 3.8) is 0 Å². The molecule has 0 saturated heterocycles. The van der Waals surface area contributed by atoms with Gasteiger partial charge in [-0.15, -0.1) is 22.7 Å². The molecule has 0 N–H and O–H groups in total. The molecule has 2 heterocycles. The van der Waals surface area contributed by atoms with Crippen LogP contribution in [-0.4, -0.2) is 20.0 Å². The Morgan fingerprint density at radius 2 is 1.39 bits per heavy atom. The second-order valence-electron chi connectivity index (χ2n) is 8.78. The van der Waals surface area contributed by atoms with Crippen LogP contribution >= 0.6 is 22.7 Å². The molecular weight excluding hydrogens is 448 g/mol. The average molecular weight is 483 g/mol. The fourth-order valence-electron chi connectivity index (χ4n) is 4.65. The summed E-state index contributed by atoms with van der Waals surface area (Å²) >= 11 is 3.31. The third-order valence-electron chi connectivity index (χ3n) is 6.45. The highest BCUT2D eigenvalue weighted by Gasteiger charge is 2.20. The van der Waals surface area contributed by atoms with E-state index in [9.17, 15) is 4.79 Å². The topological polar surface area (TPSA) is 35.5 Å². The zero-order valence-electron chi connectivity index (χ0n) is 20.0. The van der Waals surface area contributed by atoms with E-state index in [1.807, 2.05) is 6.07 Å². The summed E-state index contributed by atoms with van der Waals surface area (Å²) in [4.78, 5) is 13.8. The largest absolute Gasteiger partial charge is 0.496 e. The van der Waals surface area contributed by atoms with Crippen molar-refractivity contribution < 1.29 is 14.3 Å². The average Bonchev–Trinajstić information content (AvgIpc) is 3.48. The minimum atomic E-state index is 0.252. The summed E-state index contributed by atoms with van der Waals surface area (Å²) in [6.45, 7) is 2.26. The Morgan fingerprint density at radius 1 is 0.788 bits per heavy atom. The van der Waals surface area contributed by atoms with E-state index < -0.39 is 0 Å². The molecular formula is C28H34O3S2. The number of fused-ring (bicyclic) bond motifs is 5. The van der Waals surface area contributed by atoms with E-state index in [4.69, 9.17) is 9.47 Å². The number of hydrogen-bond acceptors (Lipinski definition) is 5. The van der Waals surface area contributed by atoms with Gasteiger partial charge < -0.3 is 9.47 Å². The van der Waals surface area contributed by atoms with Crippen molar-refractivity contribution in [1.29, 1.82) is 0 Å². The van der Waals surface area contributed by atoms with Crippen molar-refractivity contribution >= 4 is 59.4 Å². The molecule has 4 aromatic rings. The monoisotopic (exact) mass is 482 g/mol. The number of Topliss-reactive ketones (excluding diaryl/α,β-unsaturated/α-hetero) is 1. The third kappa shape index (κ3) is 5.20. The summed E-state index contributed by atoms with van der Waals surface area (Å²) in [5.41, 5.74) is 0. The fraction of sp³-hybridized carbons (Fsp3) is 0.464. The van der Waals surface area contributed by atoms with E-state index in [1.165, 1.54) is 49.6 Å². The molecule has 0 aliphatic rings. The number of unbranched alkanes of at least 4 members (excludes halogenated alkanes) is 8. The standard InChI is InChI=1S/C28H34O3S2/c1-4-5-6-7-8-9-10-11-12-13-21(29)24-18-20-17-23(31-3)25-26(28(20)33-24)22(30-2)16-19-14-15-32-27(19)25/h14-18H,4-13H2,1-3H3. The van der Waals surface area contributed by atoms with Crippen molar-refractivity contribution in [3.8, 4) is 11.5 Å². The van der Waals surface area contributed by atoms with Crippen LogP contribution in [0.3, 0.4) is 0 Å². The number of rotatable bonds is 13. The molecule has 5 heteroatoms. The van der Waals surface area contributed by atoms with Crippen LogP contribution in [0, 0.1) is 0 Å². The van der Waals surface area contributed by atoms with Crippen LogP contribution in [0.1, 0.15) is 80.8 Å². The lowest BCUT2D eigenvalue weighted by molar-refractivity contribution is 0.0983. The Balaban J connectivity index is 1.51. The van der Waals surface area contributed by atoms with Gasteiger partial charge in [-0.2, -0.15) is 0 Å². The number of benzene rings is 2. The van der Waals surface area contributed by atoms with Crippen LogP contribution in [0.4, 0.5) is 0 Å². The maximum atomic E-state index is 13.0. The van der Waals surface area contributed by atoms with Crippen molar-refractivity contribution in [2.24, 2.45) is 0 Å². The van der Waals surface area contributed by atoms with Crippen LogP contribution in [0.15, 0.2) is 29.6 Å². The molecule has 33 heavy (non-hydrogen) atoms. The first-order chi connectivity index (χ1) is 16.2. The highest BCUT2D eigenvalue weighted by Crippen LogP contribution is 2.47. The van der Waals surface area contributed by atoms with E-state index >= 15 is 0 Å². The van der Waals surface area contributed by atoms with Gasteiger partial charge in [-0.3, -0.25) is 4.79 Å². The van der Waals surface area contributed by atoms with Gasteiger partial charge in [-0.05, 0) is 46.8 Å². The Kier molecular flexibility index (Phi) is 8.26. The van der Waals surface area contributed by atoms with Crippen LogP contribution in [-0.2, 0) is 0 Å². The van der Waals surface area contributed by atoms with E-state index in [-0.39, 0.29) is 5.78 Å². The van der Waals surface area contributed by atoms with Crippen LogP contribution < -0.4 is 9.47 Å². The molecule has 2 aromatic carbocycles. The molecule has 176 valence electrons. The molecule has 0 aliphatic heterocycles. The van der Waals surface area contributed by atoms with Gasteiger partial charge in [0.05, 0.1) is 19.1 Å². The van der Waals surface area contributed by atoms with Gasteiger partial charge in [0.15, 0.2) is 5.78 Å². The summed E-state index contributed by atoms with van der Waals surface area (Å²) in [5.74, 6) is 1.92. The van der Waals surface area contributed by atoms with Crippen LogP contribution in [0.2, 0.25) is 0 Å². The molecule has 0 fully saturated rings. The van der Waals surface area contributed by atoms with E-state index in [1.54, 1.807) is 36.9 Å². The van der Waals surface area contributed by atoms with Gasteiger partial charge in [0, 0.05) is 26.6 Å². The lowest BCUT2D eigenvalue weighted by Gasteiger charge is -2.12. The van der Waals surface area contributed by atoms with Gasteiger partial charge in [-0.1, -0.05) is 58.3 Å². The first-order valence-corrected chi connectivity index (χ1v) is 13.9. The zero-order valence-corrected chi connectivity index (χ0v) is 21.6. The quantitative estimate of drug-likeness (QED) is 0.141. The smallest absolute Gasteiger partial charge is 0.172 e. The number of methoxy groups -OCH3 is 2.